The second kappa shape index (κ2) is 9.90. The third-order valence-electron chi connectivity index (χ3n) is 3.88. The van der Waals surface area contributed by atoms with Gasteiger partial charge in [0.05, 0.1) is 0 Å². The van der Waals surface area contributed by atoms with E-state index in [4.69, 9.17) is 4.74 Å². The highest BCUT2D eigenvalue weighted by Crippen LogP contribution is 2.28. The van der Waals surface area contributed by atoms with Gasteiger partial charge in [-0.1, -0.05) is 26.2 Å². The zero-order valence-electron chi connectivity index (χ0n) is 11.8. The Morgan fingerprint density at radius 1 is 1.18 bits per heavy atom. The van der Waals surface area contributed by atoms with Gasteiger partial charge in [0.2, 0.25) is 0 Å². The SMILES string of the molecule is CCCNC(CCCOCC)C1CCCCC1. The van der Waals surface area contributed by atoms with Crippen molar-refractivity contribution < 1.29 is 4.74 Å². The first kappa shape index (κ1) is 15.0. The Bertz CT molecular complexity index is 166. The van der Waals surface area contributed by atoms with E-state index in [0.29, 0.717) is 0 Å². The van der Waals surface area contributed by atoms with E-state index in [-0.39, 0.29) is 0 Å². The van der Waals surface area contributed by atoms with Crippen LogP contribution in [0.5, 0.6) is 0 Å². The number of hydrogen-bond donors (Lipinski definition) is 1. The molecule has 17 heavy (non-hydrogen) atoms. The molecule has 0 heterocycles. The second-order valence-corrected chi connectivity index (χ2v) is 5.30. The van der Waals surface area contributed by atoms with Gasteiger partial charge in [0.1, 0.15) is 0 Å². The number of rotatable bonds is 9. The van der Waals surface area contributed by atoms with Gasteiger partial charge in [-0.3, -0.25) is 0 Å². The third-order valence-corrected chi connectivity index (χ3v) is 3.88. The first-order valence-corrected chi connectivity index (χ1v) is 7.69. The molecule has 0 aromatic heterocycles. The van der Waals surface area contributed by atoms with Gasteiger partial charge in [-0.2, -0.15) is 0 Å². The molecule has 1 aliphatic rings. The van der Waals surface area contributed by atoms with Crippen LogP contribution in [0.2, 0.25) is 0 Å². The zero-order valence-corrected chi connectivity index (χ0v) is 11.8. The largest absolute Gasteiger partial charge is 0.382 e. The van der Waals surface area contributed by atoms with Crippen molar-refractivity contribution in [2.24, 2.45) is 5.92 Å². The summed E-state index contributed by atoms with van der Waals surface area (Å²) >= 11 is 0. The van der Waals surface area contributed by atoms with Crippen LogP contribution in [-0.2, 0) is 4.74 Å². The molecule has 1 saturated carbocycles. The Hall–Kier alpha value is -0.0800. The van der Waals surface area contributed by atoms with Gasteiger partial charge in [0, 0.05) is 19.3 Å². The molecular weight excluding hydrogens is 210 g/mol. The van der Waals surface area contributed by atoms with E-state index in [1.165, 1.54) is 57.9 Å². The van der Waals surface area contributed by atoms with Crippen molar-refractivity contribution in [1.29, 1.82) is 0 Å². The number of hydrogen-bond acceptors (Lipinski definition) is 2. The van der Waals surface area contributed by atoms with Crippen molar-refractivity contribution in [3.63, 3.8) is 0 Å². The molecule has 0 saturated heterocycles. The maximum atomic E-state index is 5.45. The van der Waals surface area contributed by atoms with Crippen LogP contribution in [-0.4, -0.2) is 25.8 Å². The van der Waals surface area contributed by atoms with Crippen LogP contribution in [0.15, 0.2) is 0 Å². The fourth-order valence-corrected chi connectivity index (χ4v) is 2.92. The smallest absolute Gasteiger partial charge is 0.0466 e. The Labute approximate surface area is 108 Å². The molecular formula is C15H31NO. The molecule has 1 aliphatic carbocycles. The molecule has 1 atom stereocenters. The molecule has 0 radical (unpaired) electrons. The van der Waals surface area contributed by atoms with E-state index < -0.39 is 0 Å². The van der Waals surface area contributed by atoms with Gasteiger partial charge in [-0.25, -0.2) is 0 Å². The van der Waals surface area contributed by atoms with E-state index in [2.05, 4.69) is 19.2 Å². The number of ether oxygens (including phenoxy) is 1. The Kier molecular flexibility index (Phi) is 8.72. The summed E-state index contributed by atoms with van der Waals surface area (Å²) in [6.45, 7) is 7.30. The molecule has 1 unspecified atom stereocenters. The molecule has 0 amide bonds. The lowest BCUT2D eigenvalue weighted by atomic mass is 9.82. The summed E-state index contributed by atoms with van der Waals surface area (Å²) in [4.78, 5) is 0. The van der Waals surface area contributed by atoms with Crippen molar-refractivity contribution >= 4 is 0 Å². The standard InChI is InChI=1S/C15H31NO/c1-3-12-16-15(11-8-13-17-4-2)14-9-6-5-7-10-14/h14-16H,3-13H2,1-2H3. The van der Waals surface area contributed by atoms with Gasteiger partial charge in [0.25, 0.3) is 0 Å². The van der Waals surface area contributed by atoms with E-state index in [9.17, 15) is 0 Å². The molecule has 102 valence electrons. The quantitative estimate of drug-likeness (QED) is 0.621. The summed E-state index contributed by atoms with van der Waals surface area (Å²) in [6, 6.07) is 0.746. The maximum Gasteiger partial charge on any atom is 0.0466 e. The molecule has 1 rings (SSSR count). The van der Waals surface area contributed by atoms with Crippen LogP contribution in [0, 0.1) is 5.92 Å². The van der Waals surface area contributed by atoms with Crippen molar-refractivity contribution in [2.45, 2.75) is 71.3 Å². The maximum absolute atomic E-state index is 5.45. The predicted molar refractivity (Wildman–Crippen MR) is 74.4 cm³/mol. The minimum Gasteiger partial charge on any atom is -0.382 e. The molecule has 0 aromatic carbocycles. The van der Waals surface area contributed by atoms with Crippen molar-refractivity contribution in [3.8, 4) is 0 Å². The Morgan fingerprint density at radius 3 is 2.59 bits per heavy atom. The van der Waals surface area contributed by atoms with Crippen molar-refractivity contribution in [1.82, 2.24) is 5.32 Å². The average Bonchev–Trinajstić information content (AvgIpc) is 2.39. The molecule has 0 bridgehead atoms. The van der Waals surface area contributed by atoms with E-state index in [0.717, 1.165) is 25.2 Å². The predicted octanol–water partition coefficient (Wildman–Crippen LogP) is 3.75. The highest BCUT2D eigenvalue weighted by atomic mass is 16.5. The van der Waals surface area contributed by atoms with Crippen molar-refractivity contribution in [2.75, 3.05) is 19.8 Å². The normalized spacial score (nSPS) is 19.4. The Morgan fingerprint density at radius 2 is 1.94 bits per heavy atom. The lowest BCUT2D eigenvalue weighted by Crippen LogP contribution is -2.38. The first-order valence-electron chi connectivity index (χ1n) is 7.69. The number of nitrogens with one attached hydrogen (secondary N) is 1. The van der Waals surface area contributed by atoms with Crippen LogP contribution in [0.3, 0.4) is 0 Å². The topological polar surface area (TPSA) is 21.3 Å². The summed E-state index contributed by atoms with van der Waals surface area (Å²) in [5.74, 6) is 0.928. The van der Waals surface area contributed by atoms with Gasteiger partial charge >= 0.3 is 0 Å². The van der Waals surface area contributed by atoms with Crippen molar-refractivity contribution in [3.05, 3.63) is 0 Å². The van der Waals surface area contributed by atoms with Gasteiger partial charge in [0.15, 0.2) is 0 Å². The zero-order chi connectivity index (χ0) is 12.3. The van der Waals surface area contributed by atoms with Crippen LogP contribution in [0.1, 0.15) is 65.2 Å². The molecule has 0 aliphatic heterocycles. The van der Waals surface area contributed by atoms with Crippen LogP contribution >= 0.6 is 0 Å². The molecule has 1 N–H and O–H groups in total. The monoisotopic (exact) mass is 241 g/mol. The summed E-state index contributed by atoms with van der Waals surface area (Å²) in [6.07, 6.45) is 11.0. The van der Waals surface area contributed by atoms with Crippen LogP contribution in [0.25, 0.3) is 0 Å². The third kappa shape index (κ3) is 6.42. The van der Waals surface area contributed by atoms with E-state index in [1.807, 2.05) is 0 Å². The minimum absolute atomic E-state index is 0.746. The molecule has 2 nitrogen and oxygen atoms in total. The summed E-state index contributed by atoms with van der Waals surface area (Å²) in [7, 11) is 0. The Balaban J connectivity index is 2.25. The lowest BCUT2D eigenvalue weighted by Gasteiger charge is -2.31. The average molecular weight is 241 g/mol. The lowest BCUT2D eigenvalue weighted by molar-refractivity contribution is 0.135. The highest BCUT2D eigenvalue weighted by Gasteiger charge is 2.22. The summed E-state index contributed by atoms with van der Waals surface area (Å²) in [5, 5.41) is 3.76. The molecule has 0 aromatic rings. The van der Waals surface area contributed by atoms with E-state index >= 15 is 0 Å². The van der Waals surface area contributed by atoms with E-state index in [1.54, 1.807) is 0 Å². The molecule has 0 spiro atoms. The summed E-state index contributed by atoms with van der Waals surface area (Å²) < 4.78 is 5.45. The fourth-order valence-electron chi connectivity index (χ4n) is 2.92. The minimum atomic E-state index is 0.746. The van der Waals surface area contributed by atoms with Gasteiger partial charge < -0.3 is 10.1 Å². The highest BCUT2D eigenvalue weighted by molar-refractivity contribution is 4.79. The van der Waals surface area contributed by atoms with Crippen LogP contribution in [0.4, 0.5) is 0 Å². The first-order chi connectivity index (χ1) is 8.38. The second-order valence-electron chi connectivity index (χ2n) is 5.30. The van der Waals surface area contributed by atoms with Gasteiger partial charge in [-0.15, -0.1) is 0 Å². The van der Waals surface area contributed by atoms with Gasteiger partial charge in [-0.05, 0) is 51.5 Å². The van der Waals surface area contributed by atoms with Crippen LogP contribution < -0.4 is 5.32 Å². The fraction of sp³-hybridized carbons (Fsp3) is 1.00. The molecule has 1 fully saturated rings. The summed E-state index contributed by atoms with van der Waals surface area (Å²) in [5.41, 5.74) is 0. The molecule has 2 heteroatoms.